The van der Waals surface area contributed by atoms with Crippen LogP contribution in [0.4, 0.5) is 5.82 Å². The standard InChI is InChI=1S/C22H24N4O/c1-16-21(25-20-10-6-5-9-19(20)24-16)23-15-17-11-13-26(14-12-17)22(27)18-7-3-2-4-8-18/h2-10,17H,11-15H2,1H3,(H,23,25). The van der Waals surface area contributed by atoms with Crippen LogP contribution >= 0.6 is 0 Å². The van der Waals surface area contributed by atoms with Crippen LogP contribution in [0.1, 0.15) is 28.9 Å². The molecule has 0 saturated carbocycles. The highest BCUT2D eigenvalue weighted by molar-refractivity contribution is 5.94. The number of rotatable bonds is 4. The van der Waals surface area contributed by atoms with Crippen molar-refractivity contribution in [1.82, 2.24) is 14.9 Å². The molecule has 3 aromatic rings. The number of amides is 1. The maximum atomic E-state index is 12.5. The lowest BCUT2D eigenvalue weighted by Crippen LogP contribution is -2.39. The first-order valence-corrected chi connectivity index (χ1v) is 9.52. The quantitative estimate of drug-likeness (QED) is 0.766. The molecule has 1 N–H and O–H groups in total. The van der Waals surface area contributed by atoms with E-state index in [-0.39, 0.29) is 5.91 Å². The minimum Gasteiger partial charge on any atom is -0.368 e. The highest BCUT2D eigenvalue weighted by atomic mass is 16.2. The molecule has 5 heteroatoms. The van der Waals surface area contributed by atoms with E-state index in [1.54, 1.807) is 0 Å². The van der Waals surface area contributed by atoms with Gasteiger partial charge in [0.05, 0.1) is 16.7 Å². The summed E-state index contributed by atoms with van der Waals surface area (Å²) in [7, 11) is 0. The number of nitrogens with zero attached hydrogens (tertiary/aromatic N) is 3. The Labute approximate surface area is 159 Å². The molecule has 0 aliphatic carbocycles. The fourth-order valence-electron chi connectivity index (χ4n) is 3.60. The molecule has 4 rings (SSSR count). The average molecular weight is 360 g/mol. The minimum atomic E-state index is 0.137. The number of aromatic nitrogens is 2. The number of fused-ring (bicyclic) bond motifs is 1. The number of anilines is 1. The molecule has 138 valence electrons. The van der Waals surface area contributed by atoms with E-state index < -0.39 is 0 Å². The molecule has 0 bridgehead atoms. The van der Waals surface area contributed by atoms with Crippen LogP contribution in [0, 0.1) is 12.8 Å². The van der Waals surface area contributed by atoms with Crippen molar-refractivity contribution in [3.63, 3.8) is 0 Å². The van der Waals surface area contributed by atoms with E-state index in [9.17, 15) is 4.79 Å². The van der Waals surface area contributed by atoms with Gasteiger partial charge in [-0.1, -0.05) is 30.3 Å². The average Bonchev–Trinajstić information content (AvgIpc) is 2.73. The van der Waals surface area contributed by atoms with E-state index in [0.29, 0.717) is 5.92 Å². The third-order valence-electron chi connectivity index (χ3n) is 5.23. The molecular formula is C22H24N4O. The predicted octanol–water partition coefficient (Wildman–Crippen LogP) is 3.90. The second-order valence-electron chi connectivity index (χ2n) is 7.13. The largest absolute Gasteiger partial charge is 0.368 e. The van der Waals surface area contributed by atoms with Gasteiger partial charge in [-0.15, -0.1) is 0 Å². The Morgan fingerprint density at radius 1 is 1.00 bits per heavy atom. The lowest BCUT2D eigenvalue weighted by atomic mass is 9.96. The van der Waals surface area contributed by atoms with Gasteiger partial charge in [0.25, 0.3) is 5.91 Å². The molecule has 2 aromatic carbocycles. The first kappa shape index (κ1) is 17.5. The summed E-state index contributed by atoms with van der Waals surface area (Å²) in [6.45, 7) is 4.47. The number of para-hydroxylation sites is 2. The van der Waals surface area contributed by atoms with Crippen molar-refractivity contribution in [1.29, 1.82) is 0 Å². The van der Waals surface area contributed by atoms with Crippen molar-refractivity contribution in [3.05, 3.63) is 65.9 Å². The lowest BCUT2D eigenvalue weighted by molar-refractivity contribution is 0.0695. The summed E-state index contributed by atoms with van der Waals surface area (Å²) < 4.78 is 0. The van der Waals surface area contributed by atoms with Crippen LogP contribution in [0.15, 0.2) is 54.6 Å². The number of hydrogen-bond donors (Lipinski definition) is 1. The molecule has 1 amide bonds. The molecule has 1 fully saturated rings. The summed E-state index contributed by atoms with van der Waals surface area (Å²) in [5.74, 6) is 1.53. The zero-order valence-electron chi connectivity index (χ0n) is 15.6. The third-order valence-corrected chi connectivity index (χ3v) is 5.23. The van der Waals surface area contributed by atoms with Gasteiger partial charge in [0.15, 0.2) is 0 Å². The van der Waals surface area contributed by atoms with Crippen molar-refractivity contribution < 1.29 is 4.79 Å². The molecule has 0 radical (unpaired) electrons. The highest BCUT2D eigenvalue weighted by Gasteiger charge is 2.23. The summed E-state index contributed by atoms with van der Waals surface area (Å²) in [4.78, 5) is 23.8. The summed E-state index contributed by atoms with van der Waals surface area (Å²) in [6, 6.07) is 17.5. The van der Waals surface area contributed by atoms with Crippen LogP contribution in [-0.2, 0) is 0 Å². The number of hydrogen-bond acceptors (Lipinski definition) is 4. The fourth-order valence-corrected chi connectivity index (χ4v) is 3.60. The Bertz CT molecular complexity index is 933. The van der Waals surface area contributed by atoms with Gasteiger partial charge in [0.2, 0.25) is 0 Å². The molecule has 1 aliphatic heterocycles. The van der Waals surface area contributed by atoms with Crippen molar-refractivity contribution in [2.24, 2.45) is 5.92 Å². The zero-order valence-corrected chi connectivity index (χ0v) is 15.6. The van der Waals surface area contributed by atoms with Crippen molar-refractivity contribution >= 4 is 22.8 Å². The van der Waals surface area contributed by atoms with Gasteiger partial charge >= 0.3 is 0 Å². The van der Waals surface area contributed by atoms with Gasteiger partial charge in [-0.3, -0.25) is 4.79 Å². The fraction of sp³-hybridized carbons (Fsp3) is 0.318. The Kier molecular flexibility index (Phi) is 5.01. The molecule has 27 heavy (non-hydrogen) atoms. The molecule has 1 saturated heterocycles. The van der Waals surface area contributed by atoms with Crippen LogP contribution in [0.5, 0.6) is 0 Å². The predicted molar refractivity (Wildman–Crippen MR) is 108 cm³/mol. The molecule has 0 atom stereocenters. The molecule has 2 heterocycles. The Balaban J connectivity index is 1.33. The first-order chi connectivity index (χ1) is 13.2. The molecule has 1 aromatic heterocycles. The summed E-state index contributed by atoms with van der Waals surface area (Å²) in [6.07, 6.45) is 2.01. The monoisotopic (exact) mass is 360 g/mol. The Morgan fingerprint density at radius 2 is 1.63 bits per heavy atom. The van der Waals surface area contributed by atoms with Crippen LogP contribution in [0.3, 0.4) is 0 Å². The van der Waals surface area contributed by atoms with Crippen LogP contribution in [0.2, 0.25) is 0 Å². The number of carbonyl (C=O) groups excluding carboxylic acids is 1. The topological polar surface area (TPSA) is 58.1 Å². The molecule has 0 unspecified atom stereocenters. The van der Waals surface area contributed by atoms with E-state index in [2.05, 4.69) is 10.3 Å². The third kappa shape index (κ3) is 3.92. The summed E-state index contributed by atoms with van der Waals surface area (Å²) in [5.41, 5.74) is 3.53. The second kappa shape index (κ2) is 7.74. The van der Waals surface area contributed by atoms with Gasteiger partial charge < -0.3 is 10.2 Å². The maximum Gasteiger partial charge on any atom is 0.253 e. The molecular weight excluding hydrogens is 336 g/mol. The van der Waals surface area contributed by atoms with Gasteiger partial charge in [0, 0.05) is 25.2 Å². The van der Waals surface area contributed by atoms with Crippen molar-refractivity contribution in [2.75, 3.05) is 25.0 Å². The van der Waals surface area contributed by atoms with E-state index in [4.69, 9.17) is 4.98 Å². The van der Waals surface area contributed by atoms with Crippen LogP contribution in [0.25, 0.3) is 11.0 Å². The smallest absolute Gasteiger partial charge is 0.253 e. The first-order valence-electron chi connectivity index (χ1n) is 9.52. The van der Waals surface area contributed by atoms with Gasteiger partial charge in [-0.25, -0.2) is 9.97 Å². The maximum absolute atomic E-state index is 12.5. The van der Waals surface area contributed by atoms with Gasteiger partial charge in [-0.2, -0.15) is 0 Å². The zero-order chi connectivity index (χ0) is 18.6. The van der Waals surface area contributed by atoms with E-state index in [0.717, 1.165) is 60.6 Å². The normalized spacial score (nSPS) is 15.1. The number of likely N-dealkylation sites (tertiary alicyclic amines) is 1. The van der Waals surface area contributed by atoms with E-state index in [1.807, 2.05) is 66.4 Å². The summed E-state index contributed by atoms with van der Waals surface area (Å²) >= 11 is 0. The minimum absolute atomic E-state index is 0.137. The summed E-state index contributed by atoms with van der Waals surface area (Å²) in [5, 5.41) is 3.47. The lowest BCUT2D eigenvalue weighted by Gasteiger charge is -2.32. The van der Waals surface area contributed by atoms with Crippen molar-refractivity contribution in [2.45, 2.75) is 19.8 Å². The van der Waals surface area contributed by atoms with E-state index in [1.165, 1.54) is 0 Å². The number of piperidine rings is 1. The number of benzene rings is 2. The Hall–Kier alpha value is -2.95. The van der Waals surface area contributed by atoms with Crippen LogP contribution < -0.4 is 5.32 Å². The number of carbonyl (C=O) groups is 1. The second-order valence-corrected chi connectivity index (χ2v) is 7.13. The van der Waals surface area contributed by atoms with Crippen LogP contribution in [-0.4, -0.2) is 40.4 Å². The molecule has 1 aliphatic rings. The molecule has 5 nitrogen and oxygen atoms in total. The number of nitrogens with one attached hydrogen (secondary N) is 1. The van der Waals surface area contributed by atoms with Crippen molar-refractivity contribution in [3.8, 4) is 0 Å². The van der Waals surface area contributed by atoms with Gasteiger partial charge in [0.1, 0.15) is 5.82 Å². The Morgan fingerprint density at radius 3 is 2.33 bits per heavy atom. The number of aryl methyl sites for hydroxylation is 1. The SMILES string of the molecule is Cc1nc2ccccc2nc1NCC1CCN(C(=O)c2ccccc2)CC1. The van der Waals surface area contributed by atoms with E-state index >= 15 is 0 Å². The molecule has 0 spiro atoms. The van der Waals surface area contributed by atoms with Gasteiger partial charge in [-0.05, 0) is 49.9 Å². The highest BCUT2D eigenvalue weighted by Crippen LogP contribution is 2.21.